The second kappa shape index (κ2) is 9.25. The van der Waals surface area contributed by atoms with Crippen molar-refractivity contribution in [1.29, 1.82) is 0 Å². The van der Waals surface area contributed by atoms with Crippen molar-refractivity contribution >= 4 is 35.0 Å². The Bertz CT molecular complexity index is 1050. The van der Waals surface area contributed by atoms with E-state index >= 15 is 0 Å². The number of rotatable bonds is 6. The number of aromatic nitrogens is 2. The van der Waals surface area contributed by atoms with Gasteiger partial charge in [0.05, 0.1) is 31.7 Å². The molecular formula is C24H31N5O4. The standard InChI is InChI=1S/C24H31N5O4/c1-6-17-22(30)27(2)19-14-25-24(26-21(19)29(17)16-9-7-8-10-16)28(3)18-12-11-15(23(31)33-5)13-20(18)32-4/h11-14,16-17H,6-10H2,1-5H3/t17-/m1/s1. The van der Waals surface area contributed by atoms with Crippen LogP contribution in [-0.2, 0) is 9.53 Å². The van der Waals surface area contributed by atoms with E-state index in [2.05, 4.69) is 9.88 Å². The summed E-state index contributed by atoms with van der Waals surface area (Å²) in [4.78, 5) is 40.2. The highest BCUT2D eigenvalue weighted by atomic mass is 16.5. The summed E-state index contributed by atoms with van der Waals surface area (Å²) in [6.07, 6.45) is 6.89. The van der Waals surface area contributed by atoms with E-state index in [0.717, 1.165) is 30.8 Å². The first-order valence-electron chi connectivity index (χ1n) is 11.3. The zero-order chi connectivity index (χ0) is 23.7. The zero-order valence-corrected chi connectivity index (χ0v) is 19.9. The molecule has 2 heterocycles. The number of benzene rings is 1. The molecule has 0 spiro atoms. The Hall–Kier alpha value is -3.36. The van der Waals surface area contributed by atoms with E-state index in [1.54, 1.807) is 43.5 Å². The maximum Gasteiger partial charge on any atom is 0.337 e. The predicted octanol–water partition coefficient (Wildman–Crippen LogP) is 3.54. The van der Waals surface area contributed by atoms with Gasteiger partial charge >= 0.3 is 5.97 Å². The Balaban J connectivity index is 1.76. The topological polar surface area (TPSA) is 88.1 Å². The van der Waals surface area contributed by atoms with Gasteiger partial charge < -0.3 is 24.2 Å². The van der Waals surface area contributed by atoms with Gasteiger partial charge in [-0.2, -0.15) is 4.98 Å². The number of carbonyl (C=O) groups excluding carboxylic acids is 2. The SMILES string of the molecule is CC[C@@H]1C(=O)N(C)c2cnc(N(C)c3ccc(C(=O)OC)cc3OC)nc2N1C1CCCC1. The Morgan fingerprint density at radius 1 is 1.24 bits per heavy atom. The molecule has 9 nitrogen and oxygen atoms in total. The molecule has 0 N–H and O–H groups in total. The number of hydrogen-bond donors (Lipinski definition) is 0. The maximum atomic E-state index is 13.1. The van der Waals surface area contributed by atoms with Crippen LogP contribution in [0.4, 0.5) is 23.1 Å². The minimum Gasteiger partial charge on any atom is -0.495 e. The number of methoxy groups -OCH3 is 2. The molecule has 0 radical (unpaired) electrons. The lowest BCUT2D eigenvalue weighted by molar-refractivity contribution is -0.120. The van der Waals surface area contributed by atoms with Crippen LogP contribution in [0.3, 0.4) is 0 Å². The quantitative estimate of drug-likeness (QED) is 0.614. The molecule has 176 valence electrons. The van der Waals surface area contributed by atoms with E-state index in [9.17, 15) is 9.59 Å². The molecule has 2 aromatic rings. The molecule has 2 aliphatic rings. The molecule has 1 atom stereocenters. The van der Waals surface area contributed by atoms with Crippen molar-refractivity contribution in [2.75, 3.05) is 43.0 Å². The van der Waals surface area contributed by atoms with Crippen molar-refractivity contribution in [2.45, 2.75) is 51.1 Å². The van der Waals surface area contributed by atoms with E-state index in [1.807, 2.05) is 18.9 Å². The van der Waals surface area contributed by atoms with Gasteiger partial charge in [-0.3, -0.25) is 4.79 Å². The van der Waals surface area contributed by atoms with Gasteiger partial charge in [-0.1, -0.05) is 19.8 Å². The number of anilines is 4. The summed E-state index contributed by atoms with van der Waals surface area (Å²) in [6.45, 7) is 2.05. The van der Waals surface area contributed by atoms with Crippen LogP contribution in [0.1, 0.15) is 49.4 Å². The van der Waals surface area contributed by atoms with Crippen molar-refractivity contribution in [3.8, 4) is 5.75 Å². The first-order valence-corrected chi connectivity index (χ1v) is 11.3. The summed E-state index contributed by atoms with van der Waals surface area (Å²) >= 11 is 0. The first-order chi connectivity index (χ1) is 15.9. The fourth-order valence-electron chi connectivity index (χ4n) is 4.84. The number of amides is 1. The molecular weight excluding hydrogens is 422 g/mol. The number of carbonyl (C=O) groups is 2. The minimum absolute atomic E-state index is 0.0849. The smallest absolute Gasteiger partial charge is 0.337 e. The highest BCUT2D eigenvalue weighted by Gasteiger charge is 2.41. The molecule has 1 amide bonds. The molecule has 33 heavy (non-hydrogen) atoms. The summed E-state index contributed by atoms with van der Waals surface area (Å²) in [7, 11) is 6.54. The fourth-order valence-corrected chi connectivity index (χ4v) is 4.84. The molecule has 1 aromatic carbocycles. The summed E-state index contributed by atoms with van der Waals surface area (Å²) in [5.74, 6) is 1.43. The van der Waals surface area contributed by atoms with Crippen molar-refractivity contribution < 1.29 is 19.1 Å². The Morgan fingerprint density at radius 3 is 2.61 bits per heavy atom. The highest BCUT2D eigenvalue weighted by Crippen LogP contribution is 2.41. The molecule has 0 bridgehead atoms. The van der Waals surface area contributed by atoms with E-state index in [-0.39, 0.29) is 11.9 Å². The number of ether oxygens (including phenoxy) is 2. The first kappa shape index (κ1) is 22.8. The van der Waals surface area contributed by atoms with Gasteiger partial charge in [0.15, 0.2) is 5.82 Å². The van der Waals surface area contributed by atoms with E-state index in [1.165, 1.54) is 20.0 Å². The molecule has 1 saturated carbocycles. The van der Waals surface area contributed by atoms with Crippen molar-refractivity contribution in [2.24, 2.45) is 0 Å². The molecule has 4 rings (SSSR count). The van der Waals surface area contributed by atoms with E-state index < -0.39 is 5.97 Å². The lowest BCUT2D eigenvalue weighted by Crippen LogP contribution is -2.55. The van der Waals surface area contributed by atoms with Crippen LogP contribution in [-0.4, -0.2) is 62.2 Å². The molecule has 0 unspecified atom stereocenters. The normalized spacial score (nSPS) is 18.3. The fraction of sp³-hybridized carbons (Fsp3) is 0.500. The lowest BCUT2D eigenvalue weighted by atomic mass is 10.0. The second-order valence-electron chi connectivity index (χ2n) is 8.48. The summed E-state index contributed by atoms with van der Waals surface area (Å²) in [6, 6.07) is 5.18. The lowest BCUT2D eigenvalue weighted by Gasteiger charge is -2.43. The van der Waals surface area contributed by atoms with Gasteiger partial charge in [0.2, 0.25) is 11.9 Å². The monoisotopic (exact) mass is 453 g/mol. The summed E-state index contributed by atoms with van der Waals surface area (Å²) in [5.41, 5.74) is 1.84. The highest BCUT2D eigenvalue weighted by molar-refractivity contribution is 6.04. The molecule has 1 fully saturated rings. The number of likely N-dealkylation sites (N-methyl/N-ethyl adjacent to an activating group) is 1. The van der Waals surface area contributed by atoms with Gasteiger partial charge in [-0.05, 0) is 37.5 Å². The van der Waals surface area contributed by atoms with Gasteiger partial charge in [0.1, 0.15) is 17.5 Å². The summed E-state index contributed by atoms with van der Waals surface area (Å²) in [5, 5.41) is 0. The van der Waals surface area contributed by atoms with Crippen LogP contribution in [0.2, 0.25) is 0 Å². The third-order valence-corrected chi connectivity index (χ3v) is 6.66. The maximum absolute atomic E-state index is 13.1. The van der Waals surface area contributed by atoms with Gasteiger partial charge in [-0.15, -0.1) is 0 Å². The molecule has 1 aromatic heterocycles. The minimum atomic E-state index is -0.432. The molecule has 0 saturated heterocycles. The van der Waals surface area contributed by atoms with E-state index in [0.29, 0.717) is 29.0 Å². The van der Waals surface area contributed by atoms with Crippen LogP contribution in [0.15, 0.2) is 24.4 Å². The average Bonchev–Trinajstić information content (AvgIpc) is 3.38. The van der Waals surface area contributed by atoms with Crippen LogP contribution < -0.4 is 19.4 Å². The van der Waals surface area contributed by atoms with Crippen LogP contribution in [0, 0.1) is 0 Å². The Kier molecular flexibility index (Phi) is 6.40. The molecule has 9 heteroatoms. The van der Waals surface area contributed by atoms with E-state index in [4.69, 9.17) is 14.5 Å². The third-order valence-electron chi connectivity index (χ3n) is 6.66. The third kappa shape index (κ3) is 3.96. The van der Waals surface area contributed by atoms with Crippen molar-refractivity contribution in [1.82, 2.24) is 9.97 Å². The largest absolute Gasteiger partial charge is 0.495 e. The van der Waals surface area contributed by atoms with Crippen LogP contribution in [0.5, 0.6) is 5.75 Å². The second-order valence-corrected chi connectivity index (χ2v) is 8.48. The molecule has 1 aliphatic carbocycles. The number of fused-ring (bicyclic) bond motifs is 1. The van der Waals surface area contributed by atoms with Crippen LogP contribution >= 0.6 is 0 Å². The van der Waals surface area contributed by atoms with Crippen molar-refractivity contribution in [3.05, 3.63) is 30.0 Å². The average molecular weight is 454 g/mol. The van der Waals surface area contributed by atoms with Crippen LogP contribution in [0.25, 0.3) is 0 Å². The Morgan fingerprint density at radius 2 is 1.97 bits per heavy atom. The summed E-state index contributed by atoms with van der Waals surface area (Å²) < 4.78 is 10.3. The Labute approximate surface area is 194 Å². The van der Waals surface area contributed by atoms with Gasteiger partial charge in [-0.25, -0.2) is 9.78 Å². The number of esters is 1. The van der Waals surface area contributed by atoms with Gasteiger partial charge in [0, 0.05) is 20.1 Å². The predicted molar refractivity (Wildman–Crippen MR) is 127 cm³/mol. The number of nitrogens with zero attached hydrogens (tertiary/aromatic N) is 5. The van der Waals surface area contributed by atoms with Crippen molar-refractivity contribution in [3.63, 3.8) is 0 Å². The van der Waals surface area contributed by atoms with Gasteiger partial charge in [0.25, 0.3) is 0 Å². The zero-order valence-electron chi connectivity index (χ0n) is 19.9. The number of hydrogen-bond acceptors (Lipinski definition) is 8. The molecule has 1 aliphatic heterocycles.